The normalized spacial score (nSPS) is 21.0. The first-order valence-electron chi connectivity index (χ1n) is 11.0. The average Bonchev–Trinajstić information content (AvgIpc) is 3.19. The zero-order chi connectivity index (χ0) is 22.9. The van der Waals surface area contributed by atoms with Gasteiger partial charge in [0.05, 0.1) is 28.8 Å². The number of aliphatic hydroxyl groups excluding tert-OH is 1. The van der Waals surface area contributed by atoms with Gasteiger partial charge in [-0.05, 0) is 53.8 Å². The van der Waals surface area contributed by atoms with Gasteiger partial charge in [0, 0.05) is 23.6 Å². The summed E-state index contributed by atoms with van der Waals surface area (Å²) in [6.07, 6.45) is 1.43. The Labute approximate surface area is 202 Å². The van der Waals surface area contributed by atoms with Crippen molar-refractivity contribution in [1.82, 2.24) is 5.32 Å². The van der Waals surface area contributed by atoms with Crippen molar-refractivity contribution in [2.75, 3.05) is 11.9 Å². The van der Waals surface area contributed by atoms with Crippen LogP contribution in [0.25, 0.3) is 0 Å². The molecule has 1 aliphatic heterocycles. The number of urea groups is 1. The molecule has 5 nitrogen and oxygen atoms in total. The van der Waals surface area contributed by atoms with Gasteiger partial charge in [-0.15, -0.1) is 0 Å². The summed E-state index contributed by atoms with van der Waals surface area (Å²) in [7, 11) is 0. The molecular weight excluding hydrogens is 459 g/mol. The van der Waals surface area contributed by atoms with E-state index in [0.29, 0.717) is 35.9 Å². The van der Waals surface area contributed by atoms with Gasteiger partial charge in [0.1, 0.15) is 5.75 Å². The highest BCUT2D eigenvalue weighted by atomic mass is 35.5. The second-order valence-corrected chi connectivity index (χ2v) is 9.46. The third kappa shape index (κ3) is 4.67. The number of rotatable bonds is 4. The molecule has 2 amide bonds. The number of halogens is 2. The SMILES string of the molecule is O=C(Nc1cccc2c1CC(O)C2)NC1c2ccccc2OCC1Cc1ccc(Cl)c(Cl)c1. The standard InChI is InChI=1S/C26H24Cl2N2O3/c27-21-9-8-15(11-22(21)28)10-17-14-33-24-7-2-1-5-19(24)25(17)30-26(32)29-23-6-3-4-16-12-18(31)13-20(16)23/h1-9,11,17-18,25,31H,10,12-14H2,(H2,29,30,32). The molecule has 7 heteroatoms. The molecule has 0 aromatic heterocycles. The largest absolute Gasteiger partial charge is 0.493 e. The summed E-state index contributed by atoms with van der Waals surface area (Å²) in [5.41, 5.74) is 4.79. The number of carbonyl (C=O) groups excluding carboxylic acids is 1. The number of carbonyl (C=O) groups is 1. The molecule has 1 aliphatic carbocycles. The van der Waals surface area contributed by atoms with Gasteiger partial charge in [0.15, 0.2) is 0 Å². The highest BCUT2D eigenvalue weighted by molar-refractivity contribution is 6.42. The second-order valence-electron chi connectivity index (χ2n) is 8.64. The van der Waals surface area contributed by atoms with Crippen LogP contribution in [0, 0.1) is 5.92 Å². The molecule has 3 unspecified atom stereocenters. The Kier molecular flexibility index (Phi) is 6.19. The van der Waals surface area contributed by atoms with Crippen LogP contribution in [-0.4, -0.2) is 23.8 Å². The number of amides is 2. The molecule has 3 aromatic rings. The summed E-state index contributed by atoms with van der Waals surface area (Å²) in [6, 6.07) is 18.6. The third-order valence-corrected chi connectivity index (χ3v) is 7.10. The Balaban J connectivity index is 1.38. The Morgan fingerprint density at radius 2 is 1.88 bits per heavy atom. The average molecular weight is 483 g/mol. The van der Waals surface area contributed by atoms with Gasteiger partial charge in [0.2, 0.25) is 0 Å². The van der Waals surface area contributed by atoms with Gasteiger partial charge >= 0.3 is 6.03 Å². The van der Waals surface area contributed by atoms with Crippen LogP contribution in [0.3, 0.4) is 0 Å². The van der Waals surface area contributed by atoms with E-state index in [1.807, 2.05) is 54.6 Å². The number of para-hydroxylation sites is 1. The van der Waals surface area contributed by atoms with Crippen LogP contribution >= 0.6 is 23.2 Å². The van der Waals surface area contributed by atoms with Crippen molar-refractivity contribution in [3.8, 4) is 5.75 Å². The quantitative estimate of drug-likeness (QED) is 0.455. The fourth-order valence-electron chi connectivity index (χ4n) is 4.80. The van der Waals surface area contributed by atoms with Crippen LogP contribution in [0.5, 0.6) is 5.75 Å². The summed E-state index contributed by atoms with van der Waals surface area (Å²) in [5.74, 6) is 0.781. The third-order valence-electron chi connectivity index (χ3n) is 6.36. The van der Waals surface area contributed by atoms with E-state index >= 15 is 0 Å². The maximum absolute atomic E-state index is 13.1. The molecule has 0 radical (unpaired) electrons. The summed E-state index contributed by atoms with van der Waals surface area (Å²) in [4.78, 5) is 13.1. The number of anilines is 1. The Bertz CT molecular complexity index is 1200. The Hall–Kier alpha value is -2.73. The van der Waals surface area contributed by atoms with E-state index in [2.05, 4.69) is 10.6 Å². The van der Waals surface area contributed by atoms with Crippen molar-refractivity contribution in [3.63, 3.8) is 0 Å². The van der Waals surface area contributed by atoms with Crippen molar-refractivity contribution in [3.05, 3.63) is 93.0 Å². The molecule has 5 rings (SSSR count). The Morgan fingerprint density at radius 1 is 1.03 bits per heavy atom. The predicted octanol–water partition coefficient (Wildman–Crippen LogP) is 5.57. The van der Waals surface area contributed by atoms with Crippen molar-refractivity contribution in [1.29, 1.82) is 0 Å². The van der Waals surface area contributed by atoms with Crippen molar-refractivity contribution < 1.29 is 14.6 Å². The summed E-state index contributed by atoms with van der Waals surface area (Å²) < 4.78 is 6.01. The lowest BCUT2D eigenvalue weighted by atomic mass is 9.86. The van der Waals surface area contributed by atoms with Gasteiger partial charge in [-0.2, -0.15) is 0 Å². The molecule has 33 heavy (non-hydrogen) atoms. The maximum atomic E-state index is 13.1. The van der Waals surface area contributed by atoms with Crippen LogP contribution in [0.15, 0.2) is 60.7 Å². The lowest BCUT2D eigenvalue weighted by molar-refractivity contribution is 0.176. The molecule has 3 N–H and O–H groups in total. The number of ether oxygens (including phenoxy) is 1. The van der Waals surface area contributed by atoms with E-state index in [1.54, 1.807) is 6.07 Å². The number of hydrogen-bond donors (Lipinski definition) is 3. The van der Waals surface area contributed by atoms with E-state index in [1.165, 1.54) is 0 Å². The van der Waals surface area contributed by atoms with Crippen LogP contribution in [0.2, 0.25) is 10.0 Å². The topological polar surface area (TPSA) is 70.6 Å². The number of nitrogens with one attached hydrogen (secondary N) is 2. The number of benzene rings is 3. The molecule has 3 aromatic carbocycles. The first-order chi connectivity index (χ1) is 16.0. The van der Waals surface area contributed by atoms with Gasteiger partial charge in [0.25, 0.3) is 0 Å². The molecule has 1 heterocycles. The van der Waals surface area contributed by atoms with E-state index in [9.17, 15) is 9.90 Å². The first kappa shape index (κ1) is 22.1. The number of hydrogen-bond acceptors (Lipinski definition) is 3. The van der Waals surface area contributed by atoms with E-state index in [0.717, 1.165) is 33.7 Å². The van der Waals surface area contributed by atoms with Crippen molar-refractivity contribution >= 4 is 34.9 Å². The van der Waals surface area contributed by atoms with Gasteiger partial charge < -0.3 is 20.5 Å². The molecule has 170 valence electrons. The molecule has 2 aliphatic rings. The molecule has 0 bridgehead atoms. The minimum Gasteiger partial charge on any atom is -0.493 e. The maximum Gasteiger partial charge on any atom is 0.319 e. The summed E-state index contributed by atoms with van der Waals surface area (Å²) in [5, 5.41) is 17.2. The first-order valence-corrected chi connectivity index (χ1v) is 11.8. The highest BCUT2D eigenvalue weighted by Crippen LogP contribution is 2.38. The molecule has 0 fully saturated rings. The highest BCUT2D eigenvalue weighted by Gasteiger charge is 2.32. The lowest BCUT2D eigenvalue weighted by Gasteiger charge is -2.34. The van der Waals surface area contributed by atoms with Crippen LogP contribution in [-0.2, 0) is 19.3 Å². The smallest absolute Gasteiger partial charge is 0.319 e. The fourth-order valence-corrected chi connectivity index (χ4v) is 5.12. The van der Waals surface area contributed by atoms with Crippen molar-refractivity contribution in [2.45, 2.75) is 31.4 Å². The van der Waals surface area contributed by atoms with Gasteiger partial charge in [-0.1, -0.05) is 59.6 Å². The number of aliphatic hydroxyl groups is 1. The number of fused-ring (bicyclic) bond motifs is 2. The van der Waals surface area contributed by atoms with Gasteiger partial charge in [-0.3, -0.25) is 0 Å². The van der Waals surface area contributed by atoms with E-state index in [-0.39, 0.29) is 18.0 Å². The molecule has 0 saturated carbocycles. The molecule has 3 atom stereocenters. The molecule has 0 saturated heterocycles. The van der Waals surface area contributed by atoms with Crippen LogP contribution in [0.1, 0.15) is 28.3 Å². The van der Waals surface area contributed by atoms with Crippen LogP contribution in [0.4, 0.5) is 10.5 Å². The second kappa shape index (κ2) is 9.26. The van der Waals surface area contributed by atoms with Crippen LogP contribution < -0.4 is 15.4 Å². The minimum absolute atomic E-state index is 0.00574. The molecular formula is C26H24Cl2N2O3. The van der Waals surface area contributed by atoms with E-state index in [4.69, 9.17) is 27.9 Å². The van der Waals surface area contributed by atoms with Crippen molar-refractivity contribution in [2.24, 2.45) is 5.92 Å². The monoisotopic (exact) mass is 482 g/mol. The molecule has 0 spiro atoms. The fraction of sp³-hybridized carbons (Fsp3) is 0.269. The lowest BCUT2D eigenvalue weighted by Crippen LogP contribution is -2.41. The summed E-state index contributed by atoms with van der Waals surface area (Å²) in [6.45, 7) is 0.467. The van der Waals surface area contributed by atoms with Gasteiger partial charge in [-0.25, -0.2) is 4.79 Å². The summed E-state index contributed by atoms with van der Waals surface area (Å²) >= 11 is 12.3. The zero-order valence-corrected chi connectivity index (χ0v) is 19.4. The minimum atomic E-state index is -0.399. The zero-order valence-electron chi connectivity index (χ0n) is 17.9. The van der Waals surface area contributed by atoms with E-state index < -0.39 is 6.10 Å². The predicted molar refractivity (Wildman–Crippen MR) is 130 cm³/mol. The Morgan fingerprint density at radius 3 is 2.73 bits per heavy atom.